The zero-order valence-electron chi connectivity index (χ0n) is 13.3. The summed E-state index contributed by atoms with van der Waals surface area (Å²) in [4.78, 5) is 6.45. The Labute approximate surface area is 128 Å². The van der Waals surface area contributed by atoms with E-state index in [4.69, 9.17) is 0 Å². The largest absolute Gasteiger partial charge is 0.370 e. The lowest BCUT2D eigenvalue weighted by Gasteiger charge is -2.23. The van der Waals surface area contributed by atoms with Crippen LogP contribution in [0.4, 0.5) is 5.82 Å². The molecular weight excluding hydrogens is 288 g/mol. The molecule has 0 saturated carbocycles. The second-order valence-electron chi connectivity index (χ2n) is 5.04. The van der Waals surface area contributed by atoms with E-state index in [1.807, 2.05) is 14.0 Å². The van der Waals surface area contributed by atoms with Crippen molar-refractivity contribution in [1.82, 2.24) is 14.6 Å². The van der Waals surface area contributed by atoms with Crippen LogP contribution in [0.15, 0.2) is 23.2 Å². The maximum absolute atomic E-state index is 12.2. The van der Waals surface area contributed by atoms with Gasteiger partial charge in [-0.15, -0.1) is 0 Å². The Morgan fingerprint density at radius 3 is 2.71 bits per heavy atom. The summed E-state index contributed by atoms with van der Waals surface area (Å²) < 4.78 is 27.1. The molecule has 0 bridgehead atoms. The van der Waals surface area contributed by atoms with Crippen molar-refractivity contribution in [2.45, 2.75) is 38.1 Å². The van der Waals surface area contributed by atoms with Crippen LogP contribution in [0.3, 0.4) is 0 Å². The molecular formula is C14H26N4O2S. The van der Waals surface area contributed by atoms with Gasteiger partial charge in [-0.2, -0.15) is 0 Å². The van der Waals surface area contributed by atoms with Crippen LogP contribution in [0.5, 0.6) is 0 Å². The van der Waals surface area contributed by atoms with Crippen LogP contribution in [0.1, 0.15) is 27.2 Å². The number of rotatable bonds is 9. The average Bonchev–Trinajstić information content (AvgIpc) is 2.46. The topological polar surface area (TPSA) is 74.3 Å². The molecule has 0 amide bonds. The highest BCUT2D eigenvalue weighted by Gasteiger charge is 2.15. The number of hydrogen-bond donors (Lipinski definition) is 2. The number of aromatic nitrogens is 1. The van der Waals surface area contributed by atoms with Crippen molar-refractivity contribution in [1.29, 1.82) is 0 Å². The van der Waals surface area contributed by atoms with Gasteiger partial charge in [0.25, 0.3) is 0 Å². The Balaban J connectivity index is 2.63. The Morgan fingerprint density at radius 1 is 1.38 bits per heavy atom. The maximum atomic E-state index is 12.2. The number of hydrogen-bond acceptors (Lipinski definition) is 5. The van der Waals surface area contributed by atoms with Gasteiger partial charge in [-0.3, -0.25) is 0 Å². The molecule has 1 aromatic heterocycles. The Hall–Kier alpha value is -1.18. The summed E-state index contributed by atoms with van der Waals surface area (Å²) in [5.41, 5.74) is 0. The van der Waals surface area contributed by atoms with Gasteiger partial charge in [0, 0.05) is 37.9 Å². The van der Waals surface area contributed by atoms with Gasteiger partial charge in [-0.1, -0.05) is 6.92 Å². The highest BCUT2D eigenvalue weighted by Crippen LogP contribution is 2.12. The van der Waals surface area contributed by atoms with E-state index in [1.54, 1.807) is 6.07 Å². The van der Waals surface area contributed by atoms with E-state index in [-0.39, 0.29) is 4.90 Å². The zero-order chi connectivity index (χ0) is 15.9. The van der Waals surface area contributed by atoms with Gasteiger partial charge >= 0.3 is 0 Å². The fourth-order valence-electron chi connectivity index (χ4n) is 1.83. The van der Waals surface area contributed by atoms with E-state index < -0.39 is 10.0 Å². The summed E-state index contributed by atoms with van der Waals surface area (Å²) in [5, 5.41) is 3.01. The number of anilines is 1. The highest BCUT2D eigenvalue weighted by molar-refractivity contribution is 7.89. The molecule has 1 atom stereocenters. The average molecular weight is 314 g/mol. The minimum absolute atomic E-state index is 0.236. The first-order valence-electron chi connectivity index (χ1n) is 7.30. The van der Waals surface area contributed by atoms with Crippen molar-refractivity contribution >= 4 is 15.8 Å². The molecule has 1 rings (SSSR count). The quantitative estimate of drug-likeness (QED) is 0.723. The van der Waals surface area contributed by atoms with Crippen molar-refractivity contribution < 1.29 is 8.42 Å². The maximum Gasteiger partial charge on any atom is 0.240 e. The smallest absolute Gasteiger partial charge is 0.240 e. The molecule has 1 heterocycles. The monoisotopic (exact) mass is 314 g/mol. The molecule has 7 heteroatoms. The third kappa shape index (κ3) is 5.61. The lowest BCUT2D eigenvalue weighted by molar-refractivity contribution is 0.256. The van der Waals surface area contributed by atoms with E-state index in [1.165, 1.54) is 12.3 Å². The van der Waals surface area contributed by atoms with Crippen LogP contribution in [-0.4, -0.2) is 51.0 Å². The van der Waals surface area contributed by atoms with Gasteiger partial charge in [-0.05, 0) is 33.4 Å². The molecule has 1 unspecified atom stereocenters. The fraction of sp³-hybridized carbons (Fsp3) is 0.643. The second-order valence-corrected chi connectivity index (χ2v) is 6.81. The molecule has 21 heavy (non-hydrogen) atoms. The fourth-order valence-corrected chi connectivity index (χ4v) is 2.86. The number of likely N-dealkylation sites (N-methyl/N-ethyl adjacent to an activating group) is 1. The van der Waals surface area contributed by atoms with Gasteiger partial charge in [0.1, 0.15) is 5.82 Å². The molecule has 6 nitrogen and oxygen atoms in total. The van der Waals surface area contributed by atoms with Gasteiger partial charge in [0.15, 0.2) is 0 Å². The summed E-state index contributed by atoms with van der Waals surface area (Å²) in [5.74, 6) is 0.567. The van der Waals surface area contributed by atoms with E-state index in [2.05, 4.69) is 33.8 Å². The molecule has 0 radical (unpaired) electrons. The molecule has 2 N–H and O–H groups in total. The third-order valence-corrected chi connectivity index (χ3v) is 4.96. The number of nitrogens with one attached hydrogen (secondary N) is 2. The molecule has 0 aromatic carbocycles. The number of nitrogens with zero attached hydrogens (tertiary/aromatic N) is 2. The van der Waals surface area contributed by atoms with Gasteiger partial charge in [0.05, 0.1) is 4.90 Å². The van der Waals surface area contributed by atoms with Gasteiger partial charge in [-0.25, -0.2) is 18.1 Å². The van der Waals surface area contributed by atoms with Gasteiger partial charge < -0.3 is 10.2 Å². The van der Waals surface area contributed by atoms with Crippen LogP contribution in [0, 0.1) is 0 Å². The molecule has 120 valence electrons. The Morgan fingerprint density at radius 2 is 2.10 bits per heavy atom. The number of pyridine rings is 1. The van der Waals surface area contributed by atoms with Crippen LogP contribution in [0.2, 0.25) is 0 Å². The lowest BCUT2D eigenvalue weighted by Crippen LogP contribution is -2.37. The van der Waals surface area contributed by atoms with Crippen LogP contribution >= 0.6 is 0 Å². The minimum atomic E-state index is -3.49. The first kappa shape index (κ1) is 17.9. The lowest BCUT2D eigenvalue weighted by atomic mass is 10.2. The molecule has 0 aliphatic carbocycles. The van der Waals surface area contributed by atoms with E-state index in [0.29, 0.717) is 31.5 Å². The summed E-state index contributed by atoms with van der Waals surface area (Å²) in [6.07, 6.45) is 2.54. The van der Waals surface area contributed by atoms with Gasteiger partial charge in [0.2, 0.25) is 10.0 Å². The SMILES string of the molecule is CCNc1cc(S(=O)(=O)NCCN(C)C(C)CC)ccn1. The van der Waals surface area contributed by atoms with Crippen molar-refractivity contribution in [2.75, 3.05) is 32.0 Å². The summed E-state index contributed by atoms with van der Waals surface area (Å²) in [6.45, 7) is 7.95. The normalized spacial score (nSPS) is 13.4. The summed E-state index contributed by atoms with van der Waals surface area (Å²) in [7, 11) is -1.49. The molecule has 0 spiro atoms. The number of sulfonamides is 1. The molecule has 1 aromatic rings. The summed E-state index contributed by atoms with van der Waals surface area (Å²) >= 11 is 0. The van der Waals surface area contributed by atoms with Crippen LogP contribution in [-0.2, 0) is 10.0 Å². The molecule has 0 aliphatic rings. The van der Waals surface area contributed by atoms with Crippen molar-refractivity contribution in [3.05, 3.63) is 18.3 Å². The Bertz CT molecular complexity index is 534. The van der Waals surface area contributed by atoms with E-state index >= 15 is 0 Å². The standard InChI is InChI=1S/C14H26N4O2S/c1-5-12(3)18(4)10-9-17-21(19,20)13-7-8-16-14(11-13)15-6-2/h7-8,11-12,17H,5-6,9-10H2,1-4H3,(H,15,16). The predicted octanol–water partition coefficient (Wildman–Crippen LogP) is 1.52. The predicted molar refractivity (Wildman–Crippen MR) is 86.0 cm³/mol. The van der Waals surface area contributed by atoms with Crippen molar-refractivity contribution in [3.63, 3.8) is 0 Å². The Kier molecular flexibility index (Phi) is 7.07. The third-order valence-electron chi connectivity index (χ3n) is 3.50. The van der Waals surface area contributed by atoms with Crippen molar-refractivity contribution in [3.8, 4) is 0 Å². The first-order valence-corrected chi connectivity index (χ1v) is 8.78. The zero-order valence-corrected chi connectivity index (χ0v) is 14.1. The highest BCUT2D eigenvalue weighted by atomic mass is 32.2. The first-order chi connectivity index (χ1) is 9.90. The van der Waals surface area contributed by atoms with E-state index in [9.17, 15) is 8.42 Å². The summed E-state index contributed by atoms with van der Waals surface area (Å²) in [6, 6.07) is 3.49. The molecule has 0 saturated heterocycles. The second kappa shape index (κ2) is 8.31. The van der Waals surface area contributed by atoms with Crippen LogP contribution < -0.4 is 10.0 Å². The van der Waals surface area contributed by atoms with Crippen molar-refractivity contribution in [2.24, 2.45) is 0 Å². The van der Waals surface area contributed by atoms with Crippen LogP contribution in [0.25, 0.3) is 0 Å². The minimum Gasteiger partial charge on any atom is -0.370 e. The molecule has 0 fully saturated rings. The molecule has 0 aliphatic heterocycles. The van der Waals surface area contributed by atoms with E-state index in [0.717, 1.165) is 6.42 Å².